The van der Waals surface area contributed by atoms with Crippen LogP contribution in [-0.4, -0.2) is 19.8 Å². The second-order valence-electron chi connectivity index (χ2n) is 8.50. The number of halogens is 2. The van der Waals surface area contributed by atoms with Crippen molar-refractivity contribution in [3.05, 3.63) is 54.1 Å². The Kier molecular flexibility index (Phi) is 8.29. The lowest BCUT2D eigenvalue weighted by molar-refractivity contribution is 0.0518. The van der Waals surface area contributed by atoms with E-state index in [1.54, 1.807) is 13.0 Å². The highest BCUT2D eigenvalue weighted by Crippen LogP contribution is 2.44. The van der Waals surface area contributed by atoms with Crippen LogP contribution >= 0.6 is 0 Å². The van der Waals surface area contributed by atoms with Crippen LogP contribution in [0, 0.1) is 35.3 Å². The summed E-state index contributed by atoms with van der Waals surface area (Å²) in [7, 11) is 0. The highest BCUT2D eigenvalue weighted by Gasteiger charge is 2.34. The van der Waals surface area contributed by atoms with Crippen molar-refractivity contribution in [3.63, 3.8) is 0 Å². The molecule has 0 saturated heterocycles. The molecule has 2 nitrogen and oxygen atoms in total. The molecule has 0 heterocycles. The lowest BCUT2D eigenvalue weighted by atomic mass is 9.65. The molecular formula is C25H34F2O2. The van der Waals surface area contributed by atoms with Crippen LogP contribution in [0.1, 0.15) is 51.0 Å². The van der Waals surface area contributed by atoms with Crippen LogP contribution in [-0.2, 0) is 11.2 Å². The topological polar surface area (TPSA) is 18.5 Å². The van der Waals surface area contributed by atoms with Crippen LogP contribution in [0.2, 0.25) is 0 Å². The van der Waals surface area contributed by atoms with E-state index in [0.717, 1.165) is 24.4 Å². The van der Waals surface area contributed by atoms with Crippen molar-refractivity contribution < 1.29 is 18.3 Å². The molecule has 2 aliphatic carbocycles. The molecule has 0 amide bonds. The van der Waals surface area contributed by atoms with E-state index in [9.17, 15) is 8.78 Å². The highest BCUT2D eigenvalue weighted by molar-refractivity contribution is 5.32. The van der Waals surface area contributed by atoms with Gasteiger partial charge in [-0.2, -0.15) is 4.39 Å². The first kappa shape index (κ1) is 22.0. The van der Waals surface area contributed by atoms with Crippen molar-refractivity contribution in [2.45, 2.75) is 51.9 Å². The molecule has 0 radical (unpaired) electrons. The fourth-order valence-corrected chi connectivity index (χ4v) is 4.97. The fraction of sp³-hybridized carbons (Fsp3) is 0.600. The molecule has 0 aliphatic heterocycles. The summed E-state index contributed by atoms with van der Waals surface area (Å²) in [5, 5.41) is 0. The summed E-state index contributed by atoms with van der Waals surface area (Å²) >= 11 is 0. The molecule has 3 rings (SSSR count). The Bertz CT molecular complexity index is 700. The van der Waals surface area contributed by atoms with Crippen molar-refractivity contribution in [2.24, 2.45) is 23.7 Å². The molecule has 160 valence electrons. The minimum Gasteiger partial charge on any atom is -0.491 e. The number of allylic oxidation sites excluding steroid dienone is 2. The zero-order valence-electron chi connectivity index (χ0n) is 17.5. The maximum Gasteiger partial charge on any atom is 0.200 e. The summed E-state index contributed by atoms with van der Waals surface area (Å²) in [6.07, 6.45) is 14.0. The third-order valence-electron chi connectivity index (χ3n) is 6.59. The summed E-state index contributed by atoms with van der Waals surface area (Å²) in [5.41, 5.74) is 0.329. The van der Waals surface area contributed by atoms with E-state index in [-0.39, 0.29) is 5.75 Å². The fourth-order valence-electron chi connectivity index (χ4n) is 4.97. The molecule has 1 aromatic carbocycles. The zero-order valence-corrected chi connectivity index (χ0v) is 17.5. The first-order chi connectivity index (χ1) is 14.1. The Hall–Kier alpha value is -1.68. The number of ether oxygens (including phenoxy) is 2. The number of benzene rings is 1. The Balaban J connectivity index is 1.36. The van der Waals surface area contributed by atoms with Gasteiger partial charge in [0.25, 0.3) is 0 Å². The van der Waals surface area contributed by atoms with Gasteiger partial charge in [-0.25, -0.2) is 4.39 Å². The predicted molar refractivity (Wildman–Crippen MR) is 113 cm³/mol. The smallest absolute Gasteiger partial charge is 0.200 e. The van der Waals surface area contributed by atoms with Crippen molar-refractivity contribution in [2.75, 3.05) is 19.8 Å². The molecule has 0 bridgehead atoms. The maximum atomic E-state index is 14.1. The van der Waals surface area contributed by atoms with Crippen LogP contribution in [0.3, 0.4) is 0 Å². The third-order valence-corrected chi connectivity index (χ3v) is 6.59. The van der Waals surface area contributed by atoms with Crippen molar-refractivity contribution >= 4 is 0 Å². The van der Waals surface area contributed by atoms with Gasteiger partial charge >= 0.3 is 0 Å². The largest absolute Gasteiger partial charge is 0.491 e. The van der Waals surface area contributed by atoms with Crippen molar-refractivity contribution in [1.82, 2.24) is 0 Å². The van der Waals surface area contributed by atoms with Crippen LogP contribution < -0.4 is 4.74 Å². The Morgan fingerprint density at radius 2 is 1.83 bits per heavy atom. The molecule has 2 fully saturated rings. The molecule has 4 atom stereocenters. The minimum absolute atomic E-state index is 0.0336. The summed E-state index contributed by atoms with van der Waals surface area (Å²) in [6, 6.07) is 3.06. The molecule has 0 N–H and O–H groups in total. The van der Waals surface area contributed by atoms with Crippen molar-refractivity contribution in [3.8, 4) is 5.75 Å². The Morgan fingerprint density at radius 1 is 1.03 bits per heavy atom. The average Bonchev–Trinajstić information content (AvgIpc) is 2.74. The first-order valence-corrected chi connectivity index (χ1v) is 11.1. The standard InChI is InChI=1S/C25H34F2O2/c1-3-18-8-10-22-16-19(9-11-21(22)15-18)17-28-14-6-5-7-20-12-13-23(29-4-2)25(27)24(20)26/h3,5-6,12-13,18-19,21-22H,1,4,7-11,14-17H2,2H3/b6-5-. The van der Waals surface area contributed by atoms with Gasteiger partial charge in [0.2, 0.25) is 5.82 Å². The predicted octanol–water partition coefficient (Wildman–Crippen LogP) is 6.50. The van der Waals surface area contributed by atoms with E-state index in [1.165, 1.54) is 44.6 Å². The van der Waals surface area contributed by atoms with E-state index in [4.69, 9.17) is 9.47 Å². The summed E-state index contributed by atoms with van der Waals surface area (Å²) < 4.78 is 38.9. The first-order valence-electron chi connectivity index (χ1n) is 11.1. The molecule has 2 saturated carbocycles. The Morgan fingerprint density at radius 3 is 2.62 bits per heavy atom. The van der Waals surface area contributed by atoms with Gasteiger partial charge in [-0.15, -0.1) is 6.58 Å². The molecule has 4 unspecified atom stereocenters. The Labute approximate surface area is 174 Å². The average molecular weight is 405 g/mol. The lowest BCUT2D eigenvalue weighted by Gasteiger charge is -2.41. The molecular weight excluding hydrogens is 370 g/mol. The van der Waals surface area contributed by atoms with Gasteiger partial charge in [0.15, 0.2) is 11.6 Å². The van der Waals surface area contributed by atoms with Crippen LogP contribution in [0.25, 0.3) is 0 Å². The van der Waals surface area contributed by atoms with Gasteiger partial charge in [-0.3, -0.25) is 0 Å². The second-order valence-corrected chi connectivity index (χ2v) is 8.50. The van der Waals surface area contributed by atoms with E-state index in [0.29, 0.717) is 31.1 Å². The molecule has 29 heavy (non-hydrogen) atoms. The molecule has 1 aromatic rings. The van der Waals surface area contributed by atoms with Crippen LogP contribution in [0.4, 0.5) is 8.78 Å². The van der Waals surface area contributed by atoms with Crippen LogP contribution in [0.5, 0.6) is 5.75 Å². The summed E-state index contributed by atoms with van der Waals surface area (Å²) in [5.74, 6) is 1.35. The number of hydrogen-bond acceptors (Lipinski definition) is 2. The number of fused-ring (bicyclic) bond motifs is 1. The van der Waals surface area contributed by atoms with Gasteiger partial charge in [-0.05, 0) is 87.2 Å². The van der Waals surface area contributed by atoms with Gasteiger partial charge in [-0.1, -0.05) is 24.3 Å². The van der Waals surface area contributed by atoms with E-state index in [1.807, 2.05) is 12.2 Å². The monoisotopic (exact) mass is 404 g/mol. The molecule has 2 aliphatic rings. The maximum absolute atomic E-state index is 14.1. The van der Waals surface area contributed by atoms with Gasteiger partial charge < -0.3 is 9.47 Å². The highest BCUT2D eigenvalue weighted by atomic mass is 19.2. The van der Waals surface area contributed by atoms with E-state index in [2.05, 4.69) is 12.7 Å². The molecule has 0 aromatic heterocycles. The third kappa shape index (κ3) is 5.91. The lowest BCUT2D eigenvalue weighted by Crippen LogP contribution is -2.32. The van der Waals surface area contributed by atoms with Crippen molar-refractivity contribution in [1.29, 1.82) is 0 Å². The minimum atomic E-state index is -0.910. The van der Waals surface area contributed by atoms with Gasteiger partial charge in [0.1, 0.15) is 0 Å². The number of rotatable bonds is 9. The summed E-state index contributed by atoms with van der Waals surface area (Å²) in [4.78, 5) is 0. The molecule has 0 spiro atoms. The second kappa shape index (κ2) is 10.9. The van der Waals surface area contributed by atoms with E-state index < -0.39 is 11.6 Å². The van der Waals surface area contributed by atoms with Crippen LogP contribution in [0.15, 0.2) is 36.9 Å². The SMILES string of the molecule is C=CC1CCC2CC(COC/C=C\Cc3ccc(OCC)c(F)c3F)CCC2C1. The summed E-state index contributed by atoms with van der Waals surface area (Å²) in [6.45, 7) is 7.34. The van der Waals surface area contributed by atoms with E-state index >= 15 is 0 Å². The molecule has 4 heteroatoms. The van der Waals surface area contributed by atoms with Gasteiger partial charge in [0.05, 0.1) is 13.2 Å². The number of hydrogen-bond donors (Lipinski definition) is 0. The van der Waals surface area contributed by atoms with Gasteiger partial charge in [0, 0.05) is 6.61 Å². The zero-order chi connectivity index (χ0) is 20.6. The quantitative estimate of drug-likeness (QED) is 0.346. The normalized spacial score (nSPS) is 27.0.